The molecular formula is C10H17N3O2. The van der Waals surface area contributed by atoms with E-state index in [0.29, 0.717) is 6.54 Å². The summed E-state index contributed by atoms with van der Waals surface area (Å²) in [6.07, 6.45) is 0. The molecule has 0 aliphatic rings. The van der Waals surface area contributed by atoms with Crippen molar-refractivity contribution in [2.45, 2.75) is 39.8 Å². The van der Waals surface area contributed by atoms with E-state index in [-0.39, 0.29) is 5.91 Å². The number of primary amides is 1. The number of aryl methyl sites for hydroxylation is 2. The molecule has 0 saturated heterocycles. The van der Waals surface area contributed by atoms with Gasteiger partial charge in [-0.15, -0.1) is 0 Å². The maximum Gasteiger partial charge on any atom is 0.237 e. The first-order valence-electron chi connectivity index (χ1n) is 4.81. The summed E-state index contributed by atoms with van der Waals surface area (Å²) in [6.45, 7) is 7.72. The lowest BCUT2D eigenvalue weighted by atomic mass is 10.0. The zero-order chi connectivity index (χ0) is 11.6. The highest BCUT2D eigenvalue weighted by atomic mass is 16.5. The largest absolute Gasteiger partial charge is 0.368 e. The van der Waals surface area contributed by atoms with Crippen LogP contribution in [-0.4, -0.2) is 16.6 Å². The fraction of sp³-hybridized carbons (Fsp3) is 0.600. The summed E-state index contributed by atoms with van der Waals surface area (Å²) in [5.74, 6) is 0.384. The van der Waals surface area contributed by atoms with Crippen LogP contribution < -0.4 is 11.1 Å². The van der Waals surface area contributed by atoms with Gasteiger partial charge in [0.15, 0.2) is 0 Å². The van der Waals surface area contributed by atoms with Crippen LogP contribution in [0.4, 0.5) is 0 Å². The van der Waals surface area contributed by atoms with Crippen molar-refractivity contribution in [1.29, 1.82) is 0 Å². The van der Waals surface area contributed by atoms with Crippen LogP contribution in [0.2, 0.25) is 0 Å². The fourth-order valence-corrected chi connectivity index (χ4v) is 1.15. The molecule has 0 aliphatic carbocycles. The van der Waals surface area contributed by atoms with Crippen LogP contribution in [0.5, 0.6) is 0 Å². The molecule has 0 atom stereocenters. The molecule has 5 heteroatoms. The number of nitrogens with one attached hydrogen (secondary N) is 1. The van der Waals surface area contributed by atoms with Crippen LogP contribution in [0.15, 0.2) is 4.52 Å². The lowest BCUT2D eigenvalue weighted by Crippen LogP contribution is -2.50. The van der Waals surface area contributed by atoms with Crippen LogP contribution in [0.1, 0.15) is 30.9 Å². The Morgan fingerprint density at radius 2 is 2.13 bits per heavy atom. The first kappa shape index (κ1) is 11.7. The molecule has 5 nitrogen and oxygen atoms in total. The van der Waals surface area contributed by atoms with Crippen molar-refractivity contribution in [1.82, 2.24) is 10.5 Å². The molecule has 1 aromatic heterocycles. The fourth-order valence-electron chi connectivity index (χ4n) is 1.15. The minimum atomic E-state index is -0.726. The number of nitrogens with zero attached hydrogens (tertiary/aromatic N) is 1. The normalized spacial score (nSPS) is 11.7. The molecule has 0 aliphatic heterocycles. The Balaban J connectivity index is 2.69. The van der Waals surface area contributed by atoms with Crippen LogP contribution in [0, 0.1) is 13.8 Å². The SMILES string of the molecule is Cc1noc(C)c1CNC(C)(C)C(N)=O. The number of carbonyl (C=O) groups is 1. The minimum Gasteiger partial charge on any atom is -0.368 e. The summed E-state index contributed by atoms with van der Waals surface area (Å²) in [5, 5.41) is 6.90. The molecule has 84 valence electrons. The van der Waals surface area contributed by atoms with Gasteiger partial charge in [-0.3, -0.25) is 10.1 Å². The number of aromatic nitrogens is 1. The minimum absolute atomic E-state index is 0.380. The second-order valence-corrected chi connectivity index (χ2v) is 4.15. The zero-order valence-corrected chi connectivity index (χ0v) is 9.55. The highest BCUT2D eigenvalue weighted by molar-refractivity contribution is 5.83. The monoisotopic (exact) mass is 211 g/mol. The van der Waals surface area contributed by atoms with Gasteiger partial charge in [0.2, 0.25) is 5.91 Å². The Bertz CT molecular complexity index is 349. The highest BCUT2D eigenvalue weighted by Crippen LogP contribution is 2.13. The predicted octanol–water partition coefficient (Wildman–Crippen LogP) is 0.645. The molecule has 15 heavy (non-hydrogen) atoms. The lowest BCUT2D eigenvalue weighted by Gasteiger charge is -2.22. The van der Waals surface area contributed by atoms with E-state index in [1.54, 1.807) is 13.8 Å². The lowest BCUT2D eigenvalue weighted by molar-refractivity contribution is -0.123. The van der Waals surface area contributed by atoms with E-state index >= 15 is 0 Å². The Labute approximate surface area is 89.0 Å². The van der Waals surface area contributed by atoms with Crippen LogP contribution in [-0.2, 0) is 11.3 Å². The molecule has 1 rings (SSSR count). The molecule has 1 amide bonds. The van der Waals surface area contributed by atoms with Gasteiger partial charge in [0.25, 0.3) is 0 Å². The Hall–Kier alpha value is -1.36. The number of nitrogens with two attached hydrogens (primary N) is 1. The molecule has 1 heterocycles. The standard InChI is InChI=1S/C10H17N3O2/c1-6-8(7(2)15-13-6)5-12-10(3,4)9(11)14/h12H,5H2,1-4H3,(H2,11,14). The average Bonchev–Trinajstić information content (AvgIpc) is 2.43. The third-order valence-electron chi connectivity index (χ3n) is 2.50. The van der Waals surface area contributed by atoms with Crippen molar-refractivity contribution in [3.63, 3.8) is 0 Å². The van der Waals surface area contributed by atoms with Gasteiger partial charge in [-0.1, -0.05) is 5.16 Å². The molecule has 0 fully saturated rings. The molecule has 0 spiro atoms. The topological polar surface area (TPSA) is 81.2 Å². The third-order valence-corrected chi connectivity index (χ3v) is 2.50. The zero-order valence-electron chi connectivity index (χ0n) is 9.55. The summed E-state index contributed by atoms with van der Waals surface area (Å²) in [6, 6.07) is 0. The average molecular weight is 211 g/mol. The summed E-state index contributed by atoms with van der Waals surface area (Å²) >= 11 is 0. The summed E-state index contributed by atoms with van der Waals surface area (Å²) < 4.78 is 5.01. The quantitative estimate of drug-likeness (QED) is 0.766. The molecule has 0 unspecified atom stereocenters. The van der Waals surface area contributed by atoms with Gasteiger partial charge in [-0.05, 0) is 27.7 Å². The molecule has 0 saturated carbocycles. The summed E-state index contributed by atoms with van der Waals surface area (Å²) in [5.41, 5.74) is 6.33. The van der Waals surface area contributed by atoms with Gasteiger partial charge in [-0.2, -0.15) is 0 Å². The number of carbonyl (C=O) groups excluding carboxylic acids is 1. The van der Waals surface area contributed by atoms with E-state index in [0.717, 1.165) is 17.0 Å². The number of amides is 1. The molecule has 0 radical (unpaired) electrons. The maximum atomic E-state index is 11.1. The molecule has 3 N–H and O–H groups in total. The highest BCUT2D eigenvalue weighted by Gasteiger charge is 2.24. The second-order valence-electron chi connectivity index (χ2n) is 4.15. The Morgan fingerprint density at radius 1 is 1.53 bits per heavy atom. The van der Waals surface area contributed by atoms with Crippen molar-refractivity contribution < 1.29 is 9.32 Å². The molecular weight excluding hydrogens is 194 g/mol. The van der Waals surface area contributed by atoms with Gasteiger partial charge in [0.05, 0.1) is 11.2 Å². The van der Waals surface area contributed by atoms with Gasteiger partial charge in [0, 0.05) is 12.1 Å². The Morgan fingerprint density at radius 3 is 2.53 bits per heavy atom. The van der Waals surface area contributed by atoms with Crippen molar-refractivity contribution in [3.8, 4) is 0 Å². The smallest absolute Gasteiger partial charge is 0.237 e. The third kappa shape index (κ3) is 2.56. The van der Waals surface area contributed by atoms with E-state index < -0.39 is 5.54 Å². The van der Waals surface area contributed by atoms with Crippen LogP contribution >= 0.6 is 0 Å². The summed E-state index contributed by atoms with van der Waals surface area (Å²) in [4.78, 5) is 11.1. The van der Waals surface area contributed by atoms with Gasteiger partial charge in [0.1, 0.15) is 5.76 Å². The Kier molecular flexibility index (Phi) is 3.14. The van der Waals surface area contributed by atoms with E-state index in [2.05, 4.69) is 10.5 Å². The van der Waals surface area contributed by atoms with E-state index in [1.165, 1.54) is 0 Å². The van der Waals surface area contributed by atoms with Crippen molar-refractivity contribution in [2.24, 2.45) is 5.73 Å². The number of hydrogen-bond acceptors (Lipinski definition) is 4. The molecule has 0 aromatic carbocycles. The van der Waals surface area contributed by atoms with Gasteiger partial charge in [-0.25, -0.2) is 0 Å². The van der Waals surface area contributed by atoms with Crippen LogP contribution in [0.25, 0.3) is 0 Å². The van der Waals surface area contributed by atoms with E-state index in [9.17, 15) is 4.79 Å². The first-order chi connectivity index (χ1) is 6.84. The van der Waals surface area contributed by atoms with Crippen LogP contribution in [0.3, 0.4) is 0 Å². The number of rotatable bonds is 4. The first-order valence-corrected chi connectivity index (χ1v) is 4.81. The van der Waals surface area contributed by atoms with Gasteiger partial charge < -0.3 is 10.3 Å². The van der Waals surface area contributed by atoms with Crippen molar-refractivity contribution in [3.05, 3.63) is 17.0 Å². The van der Waals surface area contributed by atoms with Gasteiger partial charge >= 0.3 is 0 Å². The van der Waals surface area contributed by atoms with E-state index in [1.807, 2.05) is 13.8 Å². The molecule has 0 bridgehead atoms. The second kappa shape index (κ2) is 4.02. The number of hydrogen-bond donors (Lipinski definition) is 2. The van der Waals surface area contributed by atoms with E-state index in [4.69, 9.17) is 10.3 Å². The summed E-state index contributed by atoms with van der Waals surface area (Å²) in [7, 11) is 0. The van der Waals surface area contributed by atoms with Crippen molar-refractivity contribution in [2.75, 3.05) is 0 Å². The molecule has 1 aromatic rings. The predicted molar refractivity (Wildman–Crippen MR) is 56.1 cm³/mol. The maximum absolute atomic E-state index is 11.1. The van der Waals surface area contributed by atoms with Crippen molar-refractivity contribution >= 4 is 5.91 Å².